The van der Waals surface area contributed by atoms with Crippen molar-refractivity contribution >= 4 is 29.8 Å². The van der Waals surface area contributed by atoms with Crippen molar-refractivity contribution in [1.82, 2.24) is 5.32 Å². The van der Waals surface area contributed by atoms with Crippen LogP contribution in [0.5, 0.6) is 0 Å². The maximum absolute atomic E-state index is 11.8. The average molecular weight is 414 g/mol. The standard InChI is InChI=1S/C17H22N2O10/c1-8(20)19-14-15(26-10(3)22)17(28-11(4)23,29-12(5)24)13(7-25-9(2)21)27-16(14)18-6/h13-16H,7H2,1-5H3,(H,19,20)/t13-,14-,15-,16-/m1/s1. The fourth-order valence-corrected chi connectivity index (χ4v) is 2.82. The molecule has 1 aliphatic heterocycles. The molecule has 0 unspecified atom stereocenters. The van der Waals surface area contributed by atoms with Crippen LogP contribution in [0.3, 0.4) is 0 Å². The van der Waals surface area contributed by atoms with Crippen LogP contribution in [0, 0.1) is 6.57 Å². The molecule has 1 aliphatic rings. The maximum atomic E-state index is 11.8. The molecule has 12 nitrogen and oxygen atoms in total. The molecule has 1 N–H and O–H groups in total. The molecular weight excluding hydrogens is 392 g/mol. The Balaban J connectivity index is 3.65. The lowest BCUT2D eigenvalue weighted by Gasteiger charge is -2.47. The SMILES string of the molecule is [C-]#[N+][C@@H]1O[C@H](COC(C)=O)C(OC(C)=O)(OC(C)=O)[C@H](OC(C)=O)[C@H]1NC(C)=O. The summed E-state index contributed by atoms with van der Waals surface area (Å²) in [7, 11) is 0. The Morgan fingerprint density at radius 3 is 1.90 bits per heavy atom. The number of hydrogen-bond acceptors (Lipinski definition) is 10. The molecule has 0 aromatic heterocycles. The summed E-state index contributed by atoms with van der Waals surface area (Å²) in [5.41, 5.74) is 0. The Morgan fingerprint density at radius 1 is 0.966 bits per heavy atom. The van der Waals surface area contributed by atoms with E-state index in [1.807, 2.05) is 0 Å². The van der Waals surface area contributed by atoms with Crippen molar-refractivity contribution in [2.24, 2.45) is 0 Å². The number of hydrogen-bond donors (Lipinski definition) is 1. The molecule has 1 fully saturated rings. The van der Waals surface area contributed by atoms with E-state index >= 15 is 0 Å². The third-order valence-corrected chi connectivity index (χ3v) is 3.62. The molecular formula is C17H22N2O10. The second-order valence-electron chi connectivity index (χ2n) is 6.11. The molecule has 1 amide bonds. The summed E-state index contributed by atoms with van der Waals surface area (Å²) < 4.78 is 26.1. The van der Waals surface area contributed by atoms with Gasteiger partial charge in [0.2, 0.25) is 12.0 Å². The van der Waals surface area contributed by atoms with Gasteiger partial charge < -0.3 is 24.3 Å². The van der Waals surface area contributed by atoms with Gasteiger partial charge in [-0.3, -0.25) is 33.6 Å². The van der Waals surface area contributed by atoms with Crippen molar-refractivity contribution in [3.05, 3.63) is 11.4 Å². The predicted molar refractivity (Wildman–Crippen MR) is 91.3 cm³/mol. The largest absolute Gasteiger partial charge is 0.463 e. The highest BCUT2D eigenvalue weighted by molar-refractivity contribution is 5.74. The Morgan fingerprint density at radius 2 is 1.52 bits per heavy atom. The van der Waals surface area contributed by atoms with E-state index in [0.29, 0.717) is 0 Å². The van der Waals surface area contributed by atoms with E-state index in [9.17, 15) is 24.0 Å². The fourth-order valence-electron chi connectivity index (χ4n) is 2.82. The highest BCUT2D eigenvalue weighted by atomic mass is 16.8. The molecule has 4 atom stereocenters. The van der Waals surface area contributed by atoms with Crippen LogP contribution in [0.4, 0.5) is 0 Å². The predicted octanol–water partition coefficient (Wildman–Crippen LogP) is -0.547. The van der Waals surface area contributed by atoms with E-state index in [2.05, 4.69) is 10.2 Å². The molecule has 0 saturated carbocycles. The third-order valence-electron chi connectivity index (χ3n) is 3.62. The van der Waals surface area contributed by atoms with E-state index in [1.54, 1.807) is 0 Å². The Kier molecular flexibility index (Phi) is 8.08. The van der Waals surface area contributed by atoms with Crippen LogP contribution < -0.4 is 5.32 Å². The monoisotopic (exact) mass is 414 g/mol. The van der Waals surface area contributed by atoms with Crippen LogP contribution in [0.1, 0.15) is 34.6 Å². The fraction of sp³-hybridized carbons (Fsp3) is 0.647. The lowest BCUT2D eigenvalue weighted by Crippen LogP contribution is -2.73. The summed E-state index contributed by atoms with van der Waals surface area (Å²) in [5.74, 6) is -6.59. The molecule has 1 heterocycles. The number of amides is 1. The highest BCUT2D eigenvalue weighted by Gasteiger charge is 2.66. The van der Waals surface area contributed by atoms with E-state index in [-0.39, 0.29) is 0 Å². The first-order chi connectivity index (χ1) is 13.4. The number of carbonyl (C=O) groups excluding carboxylic acids is 5. The Labute approximate surface area is 166 Å². The van der Waals surface area contributed by atoms with Gasteiger partial charge in [0.15, 0.2) is 12.1 Å². The topological polar surface area (TPSA) is 148 Å². The molecule has 0 aliphatic carbocycles. The van der Waals surface area contributed by atoms with Crippen molar-refractivity contribution in [2.45, 2.75) is 64.9 Å². The van der Waals surface area contributed by atoms with Gasteiger partial charge in [-0.05, 0) is 0 Å². The van der Waals surface area contributed by atoms with Crippen LogP contribution in [0.15, 0.2) is 0 Å². The highest BCUT2D eigenvalue weighted by Crippen LogP contribution is 2.38. The molecule has 0 aromatic carbocycles. The van der Waals surface area contributed by atoms with E-state index in [0.717, 1.165) is 34.6 Å². The first kappa shape index (κ1) is 23.8. The third kappa shape index (κ3) is 6.15. The Hall–Kier alpha value is -3.20. The Bertz CT molecular complexity index is 712. The lowest BCUT2D eigenvalue weighted by atomic mass is 9.91. The molecule has 0 radical (unpaired) electrons. The van der Waals surface area contributed by atoms with Gasteiger partial charge in [0.25, 0.3) is 0 Å². The van der Waals surface area contributed by atoms with Gasteiger partial charge in [-0.25, -0.2) is 6.57 Å². The molecule has 0 aromatic rings. The normalized spacial score (nSPS) is 25.0. The molecule has 160 valence electrons. The minimum absolute atomic E-state index is 0.605. The minimum Gasteiger partial charge on any atom is -0.463 e. The van der Waals surface area contributed by atoms with Gasteiger partial charge in [-0.15, -0.1) is 0 Å². The van der Waals surface area contributed by atoms with Crippen LogP contribution in [-0.4, -0.2) is 66.7 Å². The van der Waals surface area contributed by atoms with Gasteiger partial charge >= 0.3 is 35.9 Å². The molecule has 0 spiro atoms. The summed E-state index contributed by atoms with van der Waals surface area (Å²) in [6, 6.07) is -1.37. The van der Waals surface area contributed by atoms with Crippen molar-refractivity contribution in [3.8, 4) is 0 Å². The molecule has 1 rings (SSSR count). The summed E-state index contributed by atoms with van der Waals surface area (Å²) in [6.45, 7) is 12.0. The zero-order valence-corrected chi connectivity index (χ0v) is 16.5. The summed E-state index contributed by atoms with van der Waals surface area (Å²) in [4.78, 5) is 61.6. The van der Waals surface area contributed by atoms with Crippen molar-refractivity contribution in [1.29, 1.82) is 0 Å². The van der Waals surface area contributed by atoms with E-state index in [1.165, 1.54) is 0 Å². The van der Waals surface area contributed by atoms with Gasteiger partial charge in [-0.2, -0.15) is 0 Å². The zero-order valence-electron chi connectivity index (χ0n) is 16.5. The quantitative estimate of drug-likeness (QED) is 0.260. The van der Waals surface area contributed by atoms with Crippen LogP contribution in [0.2, 0.25) is 0 Å². The smallest absolute Gasteiger partial charge is 0.352 e. The van der Waals surface area contributed by atoms with Crippen molar-refractivity contribution < 1.29 is 47.7 Å². The molecule has 1 saturated heterocycles. The number of nitrogens with zero attached hydrogens (tertiary/aromatic N) is 1. The van der Waals surface area contributed by atoms with E-state index in [4.69, 9.17) is 30.3 Å². The average Bonchev–Trinajstić information content (AvgIpc) is 2.55. The van der Waals surface area contributed by atoms with Crippen LogP contribution in [-0.2, 0) is 47.7 Å². The van der Waals surface area contributed by atoms with Gasteiger partial charge in [-0.1, -0.05) is 0 Å². The molecule has 0 bridgehead atoms. The number of ether oxygens (including phenoxy) is 5. The zero-order chi connectivity index (χ0) is 22.4. The van der Waals surface area contributed by atoms with Crippen LogP contribution in [0.25, 0.3) is 4.85 Å². The summed E-state index contributed by atoms with van der Waals surface area (Å²) in [5, 5.41) is 2.38. The minimum atomic E-state index is -2.44. The number of carbonyl (C=O) groups is 5. The molecule has 12 heteroatoms. The second-order valence-corrected chi connectivity index (χ2v) is 6.11. The van der Waals surface area contributed by atoms with Gasteiger partial charge in [0.05, 0.1) is 0 Å². The van der Waals surface area contributed by atoms with Gasteiger partial charge in [0, 0.05) is 34.6 Å². The van der Waals surface area contributed by atoms with Gasteiger partial charge in [0.1, 0.15) is 6.61 Å². The van der Waals surface area contributed by atoms with Crippen molar-refractivity contribution in [3.63, 3.8) is 0 Å². The molecule has 29 heavy (non-hydrogen) atoms. The number of esters is 4. The first-order valence-corrected chi connectivity index (χ1v) is 8.41. The first-order valence-electron chi connectivity index (χ1n) is 8.41. The number of rotatable bonds is 6. The number of nitrogens with one attached hydrogen (secondary N) is 1. The van der Waals surface area contributed by atoms with Crippen LogP contribution >= 0.6 is 0 Å². The lowest BCUT2D eigenvalue weighted by molar-refractivity contribution is -0.338. The van der Waals surface area contributed by atoms with E-state index < -0.39 is 66.7 Å². The second kappa shape index (κ2) is 9.83. The summed E-state index contributed by atoms with van der Waals surface area (Å²) >= 11 is 0. The summed E-state index contributed by atoms with van der Waals surface area (Å²) in [6.07, 6.45) is -4.65. The maximum Gasteiger partial charge on any atom is 0.352 e. The van der Waals surface area contributed by atoms with Crippen molar-refractivity contribution in [2.75, 3.05) is 6.61 Å².